The molecule has 0 aromatic heterocycles. The van der Waals surface area contributed by atoms with Gasteiger partial charge in [-0.25, -0.2) is 4.79 Å². The number of hydrogen-bond donors (Lipinski definition) is 3. The second-order valence-electron chi connectivity index (χ2n) is 4.21. The monoisotopic (exact) mass is 200 g/mol. The second-order valence-corrected chi connectivity index (χ2v) is 4.21. The van der Waals surface area contributed by atoms with Crippen molar-refractivity contribution in [3.8, 4) is 0 Å². The van der Waals surface area contributed by atoms with Crippen molar-refractivity contribution in [2.24, 2.45) is 11.7 Å². The molecular weight excluding hydrogens is 180 g/mol. The van der Waals surface area contributed by atoms with Gasteiger partial charge >= 0.3 is 6.09 Å². The van der Waals surface area contributed by atoms with E-state index in [0.29, 0.717) is 5.92 Å². The Balaban J connectivity index is 2.37. The molecule has 1 aliphatic rings. The molecule has 0 aromatic rings. The molecule has 0 bridgehead atoms. The van der Waals surface area contributed by atoms with Gasteiger partial charge in [-0.1, -0.05) is 19.3 Å². The van der Waals surface area contributed by atoms with Crippen LogP contribution in [0.2, 0.25) is 0 Å². The van der Waals surface area contributed by atoms with Gasteiger partial charge in [-0.05, 0) is 25.7 Å². The molecule has 0 unspecified atom stereocenters. The minimum absolute atomic E-state index is 0.0357. The van der Waals surface area contributed by atoms with Crippen molar-refractivity contribution in [3.05, 3.63) is 0 Å². The fourth-order valence-corrected chi connectivity index (χ4v) is 2.22. The Kier molecular flexibility index (Phi) is 4.20. The number of nitrogens with two attached hydrogens (primary N) is 1. The zero-order valence-electron chi connectivity index (χ0n) is 8.70. The fourth-order valence-electron chi connectivity index (χ4n) is 2.22. The van der Waals surface area contributed by atoms with Gasteiger partial charge in [0, 0.05) is 12.1 Å². The molecule has 4 heteroatoms. The highest BCUT2D eigenvalue weighted by molar-refractivity contribution is 5.64. The number of carboxylic acid groups (broad SMARTS) is 1. The first-order valence-electron chi connectivity index (χ1n) is 5.36. The van der Waals surface area contributed by atoms with Crippen molar-refractivity contribution in [1.82, 2.24) is 5.32 Å². The molecule has 14 heavy (non-hydrogen) atoms. The summed E-state index contributed by atoms with van der Waals surface area (Å²) >= 11 is 0. The summed E-state index contributed by atoms with van der Waals surface area (Å²) in [4.78, 5) is 10.4. The quantitative estimate of drug-likeness (QED) is 0.647. The average molecular weight is 200 g/mol. The van der Waals surface area contributed by atoms with E-state index in [9.17, 15) is 4.79 Å². The first-order valence-corrected chi connectivity index (χ1v) is 5.36. The lowest BCUT2D eigenvalue weighted by molar-refractivity contribution is 0.183. The van der Waals surface area contributed by atoms with Crippen LogP contribution in [0.3, 0.4) is 0 Å². The fraction of sp³-hybridized carbons (Fsp3) is 0.900. The van der Waals surface area contributed by atoms with Crippen LogP contribution in [0.5, 0.6) is 0 Å². The maximum atomic E-state index is 10.4. The third-order valence-corrected chi connectivity index (χ3v) is 3.12. The van der Waals surface area contributed by atoms with Gasteiger partial charge in [0.2, 0.25) is 0 Å². The summed E-state index contributed by atoms with van der Waals surface area (Å²) in [6.45, 7) is 1.84. The van der Waals surface area contributed by atoms with Crippen molar-refractivity contribution in [2.75, 3.05) is 0 Å². The molecule has 0 aliphatic heterocycles. The number of nitrogens with one attached hydrogen (secondary N) is 1. The largest absolute Gasteiger partial charge is 0.465 e. The predicted octanol–water partition coefficient (Wildman–Crippen LogP) is 1.55. The standard InChI is InChI=1S/C10H20N2O2/c1-7(12-10(13)14)9(11)8-5-3-2-4-6-8/h7-9,12H,2-6,11H2,1H3,(H,13,14)/t7-,9+/m0/s1. The first kappa shape index (κ1) is 11.3. The van der Waals surface area contributed by atoms with Crippen molar-refractivity contribution in [1.29, 1.82) is 0 Å². The molecule has 0 radical (unpaired) electrons. The van der Waals surface area contributed by atoms with E-state index in [1.165, 1.54) is 19.3 Å². The Morgan fingerprint density at radius 3 is 2.50 bits per heavy atom. The zero-order chi connectivity index (χ0) is 10.6. The minimum atomic E-state index is -0.983. The Morgan fingerprint density at radius 2 is 2.00 bits per heavy atom. The van der Waals surface area contributed by atoms with E-state index < -0.39 is 6.09 Å². The number of carbonyl (C=O) groups is 1. The molecule has 1 rings (SSSR count). The van der Waals surface area contributed by atoms with Gasteiger partial charge < -0.3 is 16.2 Å². The van der Waals surface area contributed by atoms with E-state index >= 15 is 0 Å². The van der Waals surface area contributed by atoms with Crippen LogP contribution in [-0.2, 0) is 0 Å². The van der Waals surface area contributed by atoms with Gasteiger partial charge in [0.15, 0.2) is 0 Å². The predicted molar refractivity (Wildman–Crippen MR) is 55.2 cm³/mol. The summed E-state index contributed by atoms with van der Waals surface area (Å²) in [5, 5.41) is 11.0. The summed E-state index contributed by atoms with van der Waals surface area (Å²) < 4.78 is 0. The third kappa shape index (κ3) is 3.18. The van der Waals surface area contributed by atoms with Gasteiger partial charge in [-0.15, -0.1) is 0 Å². The van der Waals surface area contributed by atoms with Crippen molar-refractivity contribution in [3.63, 3.8) is 0 Å². The lowest BCUT2D eigenvalue weighted by atomic mass is 9.82. The molecule has 0 heterocycles. The van der Waals surface area contributed by atoms with E-state index in [1.54, 1.807) is 0 Å². The van der Waals surface area contributed by atoms with Gasteiger partial charge in [0.05, 0.1) is 0 Å². The van der Waals surface area contributed by atoms with Crippen LogP contribution < -0.4 is 11.1 Å². The van der Waals surface area contributed by atoms with Gasteiger partial charge in [0.25, 0.3) is 0 Å². The molecule has 1 aliphatic carbocycles. The summed E-state index contributed by atoms with van der Waals surface area (Å²) in [6, 6.07) is -0.179. The van der Waals surface area contributed by atoms with E-state index in [2.05, 4.69) is 5.32 Å². The Morgan fingerprint density at radius 1 is 1.43 bits per heavy atom. The van der Waals surface area contributed by atoms with Crippen LogP contribution in [-0.4, -0.2) is 23.3 Å². The number of amides is 1. The highest BCUT2D eigenvalue weighted by Crippen LogP contribution is 2.26. The SMILES string of the molecule is C[C@H](NC(=O)O)[C@@H](N)C1CCCCC1. The van der Waals surface area contributed by atoms with Crippen LogP contribution in [0.1, 0.15) is 39.0 Å². The van der Waals surface area contributed by atoms with Crippen LogP contribution in [0.15, 0.2) is 0 Å². The zero-order valence-corrected chi connectivity index (χ0v) is 8.70. The third-order valence-electron chi connectivity index (χ3n) is 3.12. The van der Waals surface area contributed by atoms with Crippen LogP contribution in [0.4, 0.5) is 4.79 Å². The average Bonchev–Trinajstić information content (AvgIpc) is 2.17. The molecule has 0 spiro atoms. The normalized spacial score (nSPS) is 22.7. The van der Waals surface area contributed by atoms with E-state index in [1.807, 2.05) is 6.92 Å². The number of rotatable bonds is 3. The lowest BCUT2D eigenvalue weighted by Gasteiger charge is -2.31. The molecule has 1 saturated carbocycles. The highest BCUT2D eigenvalue weighted by Gasteiger charge is 2.25. The Labute approximate surface area is 84.9 Å². The number of hydrogen-bond acceptors (Lipinski definition) is 2. The maximum Gasteiger partial charge on any atom is 0.404 e. The molecule has 2 atom stereocenters. The molecular formula is C10H20N2O2. The highest BCUT2D eigenvalue weighted by atomic mass is 16.4. The molecule has 4 nitrogen and oxygen atoms in total. The molecule has 0 saturated heterocycles. The smallest absolute Gasteiger partial charge is 0.404 e. The van der Waals surface area contributed by atoms with E-state index in [-0.39, 0.29) is 12.1 Å². The summed E-state index contributed by atoms with van der Waals surface area (Å²) in [5.74, 6) is 0.491. The van der Waals surface area contributed by atoms with Crippen LogP contribution in [0.25, 0.3) is 0 Å². The molecule has 4 N–H and O–H groups in total. The summed E-state index contributed by atoms with van der Waals surface area (Å²) in [5.41, 5.74) is 6.01. The van der Waals surface area contributed by atoms with Gasteiger partial charge in [-0.3, -0.25) is 0 Å². The Hall–Kier alpha value is -0.770. The second kappa shape index (κ2) is 5.20. The maximum absolute atomic E-state index is 10.4. The molecule has 82 valence electrons. The van der Waals surface area contributed by atoms with Gasteiger partial charge in [-0.2, -0.15) is 0 Å². The van der Waals surface area contributed by atoms with Crippen molar-refractivity contribution in [2.45, 2.75) is 51.1 Å². The van der Waals surface area contributed by atoms with Gasteiger partial charge in [0.1, 0.15) is 0 Å². The lowest BCUT2D eigenvalue weighted by Crippen LogP contribution is -2.49. The Bertz CT molecular complexity index is 191. The molecule has 0 aromatic carbocycles. The minimum Gasteiger partial charge on any atom is -0.465 e. The van der Waals surface area contributed by atoms with E-state index in [0.717, 1.165) is 12.8 Å². The molecule has 1 fully saturated rings. The topological polar surface area (TPSA) is 75.3 Å². The van der Waals surface area contributed by atoms with Crippen molar-refractivity contribution < 1.29 is 9.90 Å². The van der Waals surface area contributed by atoms with Crippen LogP contribution in [0, 0.1) is 5.92 Å². The summed E-state index contributed by atoms with van der Waals surface area (Å²) in [7, 11) is 0. The van der Waals surface area contributed by atoms with Crippen molar-refractivity contribution >= 4 is 6.09 Å². The summed E-state index contributed by atoms with van der Waals surface area (Å²) in [6.07, 6.45) is 5.07. The molecule has 1 amide bonds. The van der Waals surface area contributed by atoms with E-state index in [4.69, 9.17) is 10.8 Å². The first-order chi connectivity index (χ1) is 6.61. The van der Waals surface area contributed by atoms with Crippen LogP contribution >= 0.6 is 0 Å².